The Hall–Kier alpha value is -2.41. The average molecular weight is 342 g/mol. The topological polar surface area (TPSA) is 76.4 Å². The van der Waals surface area contributed by atoms with Crippen LogP contribution in [0.15, 0.2) is 35.3 Å². The quantitative estimate of drug-likeness (QED) is 0.470. The van der Waals surface area contributed by atoms with Crippen molar-refractivity contribution >= 4 is 5.96 Å². The lowest BCUT2D eigenvalue weighted by molar-refractivity contribution is 0.125. The van der Waals surface area contributed by atoms with Gasteiger partial charge >= 0.3 is 0 Å². The molecule has 0 bridgehead atoms. The van der Waals surface area contributed by atoms with Gasteiger partial charge in [0.2, 0.25) is 0 Å². The van der Waals surface area contributed by atoms with Crippen molar-refractivity contribution in [3.8, 4) is 0 Å². The summed E-state index contributed by atoms with van der Waals surface area (Å²) in [6.07, 6.45) is 1.97. The minimum Gasteiger partial charge on any atom is -0.375 e. The molecule has 3 rings (SSSR count). The molecular weight excluding hydrogens is 316 g/mol. The van der Waals surface area contributed by atoms with Gasteiger partial charge in [0.1, 0.15) is 11.6 Å². The molecular formula is C18H26N6O. The Morgan fingerprint density at radius 1 is 1.36 bits per heavy atom. The normalized spacial score (nSPS) is 17.2. The van der Waals surface area contributed by atoms with Gasteiger partial charge in [0, 0.05) is 26.1 Å². The molecule has 2 heterocycles. The molecule has 2 aromatic rings. The summed E-state index contributed by atoms with van der Waals surface area (Å²) >= 11 is 0. The summed E-state index contributed by atoms with van der Waals surface area (Å²) in [6.45, 7) is 4.73. The van der Waals surface area contributed by atoms with E-state index in [0.717, 1.165) is 37.0 Å². The fourth-order valence-electron chi connectivity index (χ4n) is 2.95. The van der Waals surface area contributed by atoms with E-state index in [2.05, 4.69) is 37.8 Å². The van der Waals surface area contributed by atoms with Gasteiger partial charge in [-0.1, -0.05) is 30.3 Å². The van der Waals surface area contributed by atoms with Crippen LogP contribution in [0.5, 0.6) is 0 Å². The van der Waals surface area contributed by atoms with Gasteiger partial charge in [-0.05, 0) is 18.9 Å². The van der Waals surface area contributed by atoms with E-state index in [1.54, 1.807) is 7.05 Å². The Morgan fingerprint density at radius 2 is 2.20 bits per heavy atom. The van der Waals surface area contributed by atoms with Crippen molar-refractivity contribution in [3.05, 3.63) is 47.5 Å². The van der Waals surface area contributed by atoms with Gasteiger partial charge in [0.25, 0.3) is 0 Å². The maximum atomic E-state index is 5.69. The van der Waals surface area contributed by atoms with E-state index >= 15 is 0 Å². The molecule has 0 saturated carbocycles. The molecule has 0 saturated heterocycles. The Kier molecular flexibility index (Phi) is 6.00. The van der Waals surface area contributed by atoms with Crippen LogP contribution >= 0.6 is 0 Å². The third-order valence-corrected chi connectivity index (χ3v) is 4.18. The standard InChI is InChI=1S/C18H26N6O/c1-14-21-17-9-8-16(12-24(17)23-14)22-18(19-2)20-10-11-25-13-15-6-4-3-5-7-15/h3-7,16H,8-13H2,1-2H3,(H2,19,20,22). The highest BCUT2D eigenvalue weighted by molar-refractivity contribution is 5.79. The molecule has 1 aromatic heterocycles. The van der Waals surface area contributed by atoms with Gasteiger partial charge < -0.3 is 15.4 Å². The molecule has 1 unspecified atom stereocenters. The molecule has 0 radical (unpaired) electrons. The number of aliphatic imine (C=N–C) groups is 1. The number of nitrogens with zero attached hydrogens (tertiary/aromatic N) is 4. The van der Waals surface area contributed by atoms with Gasteiger partial charge in [-0.25, -0.2) is 9.67 Å². The van der Waals surface area contributed by atoms with Gasteiger partial charge in [0.05, 0.1) is 19.8 Å². The predicted molar refractivity (Wildman–Crippen MR) is 97.5 cm³/mol. The number of hydrogen-bond acceptors (Lipinski definition) is 4. The predicted octanol–water partition coefficient (Wildman–Crippen LogP) is 1.28. The number of rotatable bonds is 6. The minimum atomic E-state index is 0.310. The fraction of sp³-hybridized carbons (Fsp3) is 0.500. The summed E-state index contributed by atoms with van der Waals surface area (Å²) in [5.41, 5.74) is 1.19. The van der Waals surface area contributed by atoms with Crippen molar-refractivity contribution in [1.82, 2.24) is 25.4 Å². The number of guanidine groups is 1. The lowest BCUT2D eigenvalue weighted by Gasteiger charge is -2.25. The first kappa shape index (κ1) is 17.4. The van der Waals surface area contributed by atoms with E-state index in [1.807, 2.05) is 29.8 Å². The number of aromatic nitrogens is 3. The van der Waals surface area contributed by atoms with Crippen molar-refractivity contribution in [2.75, 3.05) is 20.2 Å². The molecule has 25 heavy (non-hydrogen) atoms. The fourth-order valence-corrected chi connectivity index (χ4v) is 2.95. The number of ether oxygens (including phenoxy) is 1. The highest BCUT2D eigenvalue weighted by atomic mass is 16.5. The Bertz CT molecular complexity index is 697. The SMILES string of the molecule is CN=C(NCCOCc1ccccc1)NC1CCc2nc(C)nn2C1. The van der Waals surface area contributed by atoms with Crippen LogP contribution in [0.25, 0.3) is 0 Å². The zero-order chi connectivity index (χ0) is 17.5. The molecule has 1 aliphatic heterocycles. The van der Waals surface area contributed by atoms with Crippen LogP contribution in [0.4, 0.5) is 0 Å². The maximum absolute atomic E-state index is 5.69. The van der Waals surface area contributed by atoms with E-state index in [-0.39, 0.29) is 0 Å². The van der Waals surface area contributed by atoms with Crippen LogP contribution in [0, 0.1) is 6.92 Å². The van der Waals surface area contributed by atoms with Gasteiger partial charge in [-0.3, -0.25) is 4.99 Å². The number of benzene rings is 1. The third kappa shape index (κ3) is 5.03. The molecule has 2 N–H and O–H groups in total. The van der Waals surface area contributed by atoms with Crippen molar-refractivity contribution in [3.63, 3.8) is 0 Å². The van der Waals surface area contributed by atoms with E-state index in [1.165, 1.54) is 5.56 Å². The molecule has 7 nitrogen and oxygen atoms in total. The summed E-state index contributed by atoms with van der Waals surface area (Å²) in [6, 6.07) is 10.5. The minimum absolute atomic E-state index is 0.310. The zero-order valence-corrected chi connectivity index (χ0v) is 14.9. The molecule has 0 spiro atoms. The Labute approximate surface area is 148 Å². The van der Waals surface area contributed by atoms with Gasteiger partial charge in [-0.2, -0.15) is 5.10 Å². The van der Waals surface area contributed by atoms with Crippen LogP contribution in [0.1, 0.15) is 23.6 Å². The van der Waals surface area contributed by atoms with Crippen LogP contribution < -0.4 is 10.6 Å². The molecule has 134 valence electrons. The van der Waals surface area contributed by atoms with Crippen molar-refractivity contribution < 1.29 is 4.74 Å². The lowest BCUT2D eigenvalue weighted by atomic mass is 10.1. The first-order valence-corrected chi connectivity index (χ1v) is 8.74. The van der Waals surface area contributed by atoms with Crippen LogP contribution in [-0.4, -0.2) is 47.0 Å². The maximum Gasteiger partial charge on any atom is 0.191 e. The van der Waals surface area contributed by atoms with Crippen molar-refractivity contribution in [2.24, 2.45) is 4.99 Å². The summed E-state index contributed by atoms with van der Waals surface area (Å²) in [5, 5.41) is 11.2. The van der Waals surface area contributed by atoms with E-state index in [0.29, 0.717) is 25.8 Å². The average Bonchev–Trinajstić information content (AvgIpc) is 3.00. The molecule has 0 aliphatic carbocycles. The van der Waals surface area contributed by atoms with Crippen LogP contribution in [0.3, 0.4) is 0 Å². The van der Waals surface area contributed by atoms with Crippen LogP contribution in [0.2, 0.25) is 0 Å². The first-order valence-electron chi connectivity index (χ1n) is 8.74. The van der Waals surface area contributed by atoms with Crippen LogP contribution in [-0.2, 0) is 24.3 Å². The third-order valence-electron chi connectivity index (χ3n) is 4.18. The molecule has 0 amide bonds. The highest BCUT2D eigenvalue weighted by Gasteiger charge is 2.21. The Morgan fingerprint density at radius 3 is 3.00 bits per heavy atom. The number of aryl methyl sites for hydroxylation is 2. The monoisotopic (exact) mass is 342 g/mol. The largest absolute Gasteiger partial charge is 0.375 e. The molecule has 0 fully saturated rings. The summed E-state index contributed by atoms with van der Waals surface area (Å²) in [5.74, 6) is 2.72. The summed E-state index contributed by atoms with van der Waals surface area (Å²) < 4.78 is 7.68. The summed E-state index contributed by atoms with van der Waals surface area (Å²) in [7, 11) is 1.79. The lowest BCUT2D eigenvalue weighted by Crippen LogP contribution is -2.47. The van der Waals surface area contributed by atoms with Crippen molar-refractivity contribution in [2.45, 2.75) is 39.0 Å². The zero-order valence-electron chi connectivity index (χ0n) is 14.9. The smallest absolute Gasteiger partial charge is 0.191 e. The van der Waals surface area contributed by atoms with Gasteiger partial charge in [-0.15, -0.1) is 0 Å². The van der Waals surface area contributed by atoms with E-state index in [9.17, 15) is 0 Å². The number of fused-ring (bicyclic) bond motifs is 1. The van der Waals surface area contributed by atoms with Crippen molar-refractivity contribution in [1.29, 1.82) is 0 Å². The highest BCUT2D eigenvalue weighted by Crippen LogP contribution is 2.12. The second-order valence-electron chi connectivity index (χ2n) is 6.17. The molecule has 1 atom stereocenters. The van der Waals surface area contributed by atoms with E-state index < -0.39 is 0 Å². The second-order valence-corrected chi connectivity index (χ2v) is 6.17. The second kappa shape index (κ2) is 8.62. The first-order chi connectivity index (χ1) is 12.2. The number of nitrogens with one attached hydrogen (secondary N) is 2. The molecule has 1 aromatic carbocycles. The van der Waals surface area contributed by atoms with Gasteiger partial charge in [0.15, 0.2) is 5.96 Å². The molecule has 1 aliphatic rings. The Balaban J connectivity index is 1.37. The summed E-state index contributed by atoms with van der Waals surface area (Å²) in [4.78, 5) is 8.73. The molecule has 7 heteroatoms. The number of hydrogen-bond donors (Lipinski definition) is 2. The van der Waals surface area contributed by atoms with E-state index in [4.69, 9.17) is 4.74 Å².